The van der Waals surface area contributed by atoms with Gasteiger partial charge in [0.25, 0.3) is 0 Å². The first kappa shape index (κ1) is 15.5. The van der Waals surface area contributed by atoms with Gasteiger partial charge in [0.15, 0.2) is 0 Å². The average Bonchev–Trinajstić information content (AvgIpc) is 2.45. The highest BCUT2D eigenvalue weighted by Crippen LogP contribution is 2.25. The van der Waals surface area contributed by atoms with E-state index in [1.807, 2.05) is 12.1 Å². The Balaban J connectivity index is 2.07. The van der Waals surface area contributed by atoms with Gasteiger partial charge in [-0.15, -0.1) is 0 Å². The van der Waals surface area contributed by atoms with Crippen LogP contribution in [0.5, 0.6) is 0 Å². The molecule has 1 heterocycles. The number of rotatable bonds is 5. The van der Waals surface area contributed by atoms with E-state index in [-0.39, 0.29) is 11.9 Å². The van der Waals surface area contributed by atoms with Gasteiger partial charge in [-0.05, 0) is 70.3 Å². The molecule has 0 aliphatic carbocycles. The summed E-state index contributed by atoms with van der Waals surface area (Å²) in [4.78, 5) is 2.49. The van der Waals surface area contributed by atoms with Crippen LogP contribution in [0.4, 0.5) is 4.39 Å². The lowest BCUT2D eigenvalue weighted by Crippen LogP contribution is -2.42. The highest BCUT2D eigenvalue weighted by Gasteiger charge is 2.23. The number of nitrogens with one attached hydrogen (secondary N) is 1. The van der Waals surface area contributed by atoms with E-state index in [1.165, 1.54) is 18.9 Å². The van der Waals surface area contributed by atoms with Crippen LogP contribution in [-0.2, 0) is 0 Å². The van der Waals surface area contributed by atoms with Gasteiger partial charge in [-0.25, -0.2) is 4.39 Å². The van der Waals surface area contributed by atoms with E-state index in [0.717, 1.165) is 25.2 Å². The Labute approximate surface area is 122 Å². The van der Waals surface area contributed by atoms with Crippen molar-refractivity contribution in [3.8, 4) is 0 Å². The van der Waals surface area contributed by atoms with Gasteiger partial charge in [0.05, 0.1) is 0 Å². The number of benzene rings is 1. The van der Waals surface area contributed by atoms with Gasteiger partial charge in [-0.1, -0.05) is 12.1 Å². The molecule has 2 atom stereocenters. The molecular weight excluding hydrogens is 251 g/mol. The lowest BCUT2D eigenvalue weighted by atomic mass is 9.96. The zero-order valence-corrected chi connectivity index (χ0v) is 12.9. The summed E-state index contributed by atoms with van der Waals surface area (Å²) in [6.45, 7) is 9.99. The lowest BCUT2D eigenvalue weighted by molar-refractivity contribution is 0.126. The second-order valence-electron chi connectivity index (χ2n) is 6.23. The Morgan fingerprint density at radius 2 is 2.15 bits per heavy atom. The molecule has 0 spiro atoms. The van der Waals surface area contributed by atoms with E-state index in [2.05, 4.69) is 31.0 Å². The molecule has 2 rings (SSSR count). The van der Waals surface area contributed by atoms with E-state index >= 15 is 0 Å². The van der Waals surface area contributed by atoms with E-state index < -0.39 is 0 Å². The van der Waals surface area contributed by atoms with Gasteiger partial charge < -0.3 is 5.32 Å². The summed E-state index contributed by atoms with van der Waals surface area (Å²) < 4.78 is 13.4. The molecule has 2 nitrogen and oxygen atoms in total. The van der Waals surface area contributed by atoms with Crippen molar-refractivity contribution < 1.29 is 4.39 Å². The monoisotopic (exact) mass is 278 g/mol. The molecule has 1 saturated heterocycles. The van der Waals surface area contributed by atoms with Crippen LogP contribution in [-0.4, -0.2) is 30.6 Å². The largest absolute Gasteiger partial charge is 0.316 e. The lowest BCUT2D eigenvalue weighted by Gasteiger charge is -2.37. The fourth-order valence-corrected chi connectivity index (χ4v) is 3.15. The minimum absolute atomic E-state index is 0.141. The number of halogens is 1. The summed E-state index contributed by atoms with van der Waals surface area (Å²) in [5, 5.41) is 3.48. The molecule has 1 aliphatic heterocycles. The van der Waals surface area contributed by atoms with Gasteiger partial charge in [0.1, 0.15) is 5.82 Å². The summed E-state index contributed by atoms with van der Waals surface area (Å²) >= 11 is 0. The third-order valence-corrected chi connectivity index (χ3v) is 4.36. The fraction of sp³-hybridized carbons (Fsp3) is 0.647. The van der Waals surface area contributed by atoms with Crippen LogP contribution in [0, 0.1) is 11.7 Å². The number of piperidine rings is 1. The first-order chi connectivity index (χ1) is 9.58. The van der Waals surface area contributed by atoms with Gasteiger partial charge in [-0.3, -0.25) is 4.90 Å². The molecule has 112 valence electrons. The molecule has 1 fully saturated rings. The third-order valence-electron chi connectivity index (χ3n) is 4.36. The van der Waals surface area contributed by atoms with Crippen LogP contribution in [0.2, 0.25) is 0 Å². The first-order valence-corrected chi connectivity index (χ1v) is 7.80. The van der Waals surface area contributed by atoms with Gasteiger partial charge >= 0.3 is 0 Å². The van der Waals surface area contributed by atoms with E-state index in [0.29, 0.717) is 12.0 Å². The molecule has 1 aromatic carbocycles. The van der Waals surface area contributed by atoms with Gasteiger partial charge in [0, 0.05) is 18.6 Å². The summed E-state index contributed by atoms with van der Waals surface area (Å²) in [5.41, 5.74) is 1.07. The Bertz CT molecular complexity index is 413. The predicted molar refractivity (Wildman–Crippen MR) is 82.3 cm³/mol. The molecule has 0 amide bonds. The van der Waals surface area contributed by atoms with Gasteiger partial charge in [-0.2, -0.15) is 0 Å². The van der Waals surface area contributed by atoms with Crippen LogP contribution >= 0.6 is 0 Å². The smallest absolute Gasteiger partial charge is 0.123 e. The second kappa shape index (κ2) is 7.19. The highest BCUT2D eigenvalue weighted by molar-refractivity contribution is 5.19. The average molecular weight is 278 g/mol. The molecule has 3 heteroatoms. The minimum Gasteiger partial charge on any atom is -0.316 e. The van der Waals surface area contributed by atoms with Crippen LogP contribution in [0.25, 0.3) is 0 Å². The van der Waals surface area contributed by atoms with Crippen LogP contribution < -0.4 is 5.32 Å². The second-order valence-corrected chi connectivity index (χ2v) is 6.23. The topological polar surface area (TPSA) is 15.3 Å². The van der Waals surface area contributed by atoms with Crippen LogP contribution in [0.3, 0.4) is 0 Å². The maximum absolute atomic E-state index is 13.4. The molecule has 2 unspecified atom stereocenters. The maximum Gasteiger partial charge on any atom is 0.123 e. The molecule has 0 saturated carbocycles. The van der Waals surface area contributed by atoms with Crippen molar-refractivity contribution in [2.75, 3.05) is 19.6 Å². The van der Waals surface area contributed by atoms with E-state index in [9.17, 15) is 4.39 Å². The maximum atomic E-state index is 13.4. The summed E-state index contributed by atoms with van der Waals surface area (Å²) in [7, 11) is 0. The Hall–Kier alpha value is -0.930. The molecule has 1 N–H and O–H groups in total. The standard InChI is InChI=1S/C17H27FN2/c1-13(2)20(12-15-6-5-9-19-11-15)14(3)16-7-4-8-17(18)10-16/h4,7-8,10,13-15,19H,5-6,9,11-12H2,1-3H3. The molecule has 0 radical (unpaired) electrons. The quantitative estimate of drug-likeness (QED) is 0.885. The van der Waals surface area contributed by atoms with Crippen molar-refractivity contribution in [2.24, 2.45) is 5.92 Å². The SMILES string of the molecule is CC(C)N(CC1CCCNC1)C(C)c1cccc(F)c1. The van der Waals surface area contributed by atoms with Crippen molar-refractivity contribution in [2.45, 2.75) is 45.7 Å². The molecule has 1 aromatic rings. The number of hydrogen-bond donors (Lipinski definition) is 1. The number of nitrogens with zero attached hydrogens (tertiary/aromatic N) is 1. The normalized spacial score (nSPS) is 21.4. The van der Waals surface area contributed by atoms with Crippen molar-refractivity contribution >= 4 is 0 Å². The first-order valence-electron chi connectivity index (χ1n) is 7.80. The number of hydrogen-bond acceptors (Lipinski definition) is 2. The Morgan fingerprint density at radius 3 is 2.75 bits per heavy atom. The summed E-state index contributed by atoms with van der Waals surface area (Å²) in [6.07, 6.45) is 2.57. The molecule has 20 heavy (non-hydrogen) atoms. The molecular formula is C17H27FN2. The molecule has 1 aliphatic rings. The Morgan fingerprint density at radius 1 is 1.35 bits per heavy atom. The van der Waals surface area contributed by atoms with Crippen LogP contribution in [0.1, 0.15) is 45.2 Å². The van der Waals surface area contributed by atoms with E-state index in [1.54, 1.807) is 6.07 Å². The predicted octanol–water partition coefficient (Wildman–Crippen LogP) is 3.60. The van der Waals surface area contributed by atoms with Crippen molar-refractivity contribution in [1.29, 1.82) is 0 Å². The zero-order valence-electron chi connectivity index (χ0n) is 12.9. The molecule has 0 bridgehead atoms. The third kappa shape index (κ3) is 4.03. The van der Waals surface area contributed by atoms with Gasteiger partial charge in [0.2, 0.25) is 0 Å². The summed E-state index contributed by atoms with van der Waals surface area (Å²) in [6, 6.07) is 7.74. The summed E-state index contributed by atoms with van der Waals surface area (Å²) in [5.74, 6) is 0.569. The van der Waals surface area contributed by atoms with Crippen molar-refractivity contribution in [3.05, 3.63) is 35.6 Å². The van der Waals surface area contributed by atoms with Crippen LogP contribution in [0.15, 0.2) is 24.3 Å². The van der Waals surface area contributed by atoms with Crippen molar-refractivity contribution in [1.82, 2.24) is 10.2 Å². The fourth-order valence-electron chi connectivity index (χ4n) is 3.15. The van der Waals surface area contributed by atoms with Crippen molar-refractivity contribution in [3.63, 3.8) is 0 Å². The van der Waals surface area contributed by atoms with E-state index in [4.69, 9.17) is 0 Å². The zero-order chi connectivity index (χ0) is 14.5. The Kier molecular flexibility index (Phi) is 5.55. The highest BCUT2D eigenvalue weighted by atomic mass is 19.1. The minimum atomic E-state index is -0.141. The molecule has 0 aromatic heterocycles.